The van der Waals surface area contributed by atoms with Gasteiger partial charge in [0.05, 0.1) is 54.2 Å². The number of ether oxygens (including phenoxy) is 1. The molecule has 0 saturated carbocycles. The van der Waals surface area contributed by atoms with Crippen molar-refractivity contribution in [1.82, 2.24) is 15.4 Å². The van der Waals surface area contributed by atoms with E-state index in [0.717, 1.165) is 5.01 Å². The van der Waals surface area contributed by atoms with Gasteiger partial charge in [-0.1, -0.05) is 36.5 Å². The smallest absolute Gasteiger partial charge is 0.276 e. The van der Waals surface area contributed by atoms with Crippen molar-refractivity contribution in [3.8, 4) is 0 Å². The van der Waals surface area contributed by atoms with Gasteiger partial charge in [0.15, 0.2) is 6.23 Å². The van der Waals surface area contributed by atoms with Gasteiger partial charge >= 0.3 is 0 Å². The Morgan fingerprint density at radius 3 is 2.40 bits per heavy atom. The number of imide groups is 1. The van der Waals surface area contributed by atoms with E-state index in [1.165, 1.54) is 6.08 Å². The fourth-order valence-corrected chi connectivity index (χ4v) is 6.72. The zero-order chi connectivity index (χ0) is 30.3. The first kappa shape index (κ1) is 28.1. The number of benzene rings is 1. The van der Waals surface area contributed by atoms with E-state index in [1.54, 1.807) is 41.4 Å². The van der Waals surface area contributed by atoms with Crippen LogP contribution in [0.3, 0.4) is 0 Å². The molecule has 14 heteroatoms. The van der Waals surface area contributed by atoms with E-state index in [1.807, 2.05) is 0 Å². The molecule has 0 bridgehead atoms. The molecule has 2 aromatic rings. The molecule has 0 radical (unpaired) electrons. The molecule has 1 saturated heterocycles. The average Bonchev–Trinajstić information content (AvgIpc) is 3.64. The van der Waals surface area contributed by atoms with Gasteiger partial charge in [-0.15, -0.1) is 0 Å². The number of aliphatic hydroxyl groups excluding tert-OH is 7. The normalized spacial score (nSPS) is 30.8. The predicted octanol–water partition coefficient (Wildman–Crippen LogP) is -3.73. The second-order valence-corrected chi connectivity index (χ2v) is 11.1. The number of nitrogens with zero attached hydrogens (tertiary/aromatic N) is 2. The lowest BCUT2D eigenvalue weighted by Crippen LogP contribution is -2.64. The van der Waals surface area contributed by atoms with Gasteiger partial charge in [0.25, 0.3) is 11.8 Å². The number of aliphatic hydroxyl groups is 7. The molecule has 1 fully saturated rings. The number of allylic oxidation sites excluding steroid dienone is 3. The Balaban J connectivity index is 1.55. The highest BCUT2D eigenvalue weighted by Gasteiger charge is 2.52. The van der Waals surface area contributed by atoms with Crippen LogP contribution in [-0.4, -0.2) is 120 Å². The molecule has 4 heterocycles. The second-order valence-electron chi connectivity index (χ2n) is 11.1. The standard InChI is InChI=1S/C29H30N4O10/c34-8-11(9-35)31-33-27(41)20-17-12-4-1-2-6-14(12)32(29-26(40)25(39)24(38)16(10-36)43-29)23(17)22-19(21(20)28(33)42)18-13(30-22)5-3-7-15(18)37/h1-7,11,14-16,24-26,29-31,34-40H,8-10H2. The summed E-state index contributed by atoms with van der Waals surface area (Å²) < 4.78 is 5.99. The molecule has 7 rings (SSSR count). The monoisotopic (exact) mass is 594 g/mol. The number of fused-ring (bicyclic) bond motifs is 9. The number of nitrogens with one attached hydrogen (secondary N) is 2. The highest BCUT2D eigenvalue weighted by atomic mass is 16.6. The van der Waals surface area contributed by atoms with Crippen LogP contribution in [-0.2, 0) is 4.74 Å². The highest BCUT2D eigenvalue weighted by molar-refractivity contribution is 6.29. The molecule has 1 aromatic heterocycles. The molecule has 9 N–H and O–H groups in total. The minimum Gasteiger partial charge on any atom is -0.395 e. The molecule has 1 aromatic carbocycles. The van der Waals surface area contributed by atoms with Gasteiger partial charge in [0.2, 0.25) is 0 Å². The van der Waals surface area contributed by atoms with Crippen LogP contribution < -0.4 is 20.9 Å². The van der Waals surface area contributed by atoms with Crippen molar-refractivity contribution in [2.45, 2.75) is 48.8 Å². The first-order valence-corrected chi connectivity index (χ1v) is 13.9. The van der Waals surface area contributed by atoms with E-state index in [9.17, 15) is 45.3 Å². The lowest BCUT2D eigenvalue weighted by Gasteiger charge is -2.46. The summed E-state index contributed by atoms with van der Waals surface area (Å²) in [5, 5.41) is 74.4. The summed E-state index contributed by atoms with van der Waals surface area (Å²) in [7, 11) is 0. The van der Waals surface area contributed by atoms with Crippen LogP contribution in [0.5, 0.6) is 0 Å². The third kappa shape index (κ3) is 3.80. The van der Waals surface area contributed by atoms with Gasteiger partial charge in [-0.3, -0.25) is 9.59 Å². The topological polar surface area (TPSA) is 219 Å². The van der Waals surface area contributed by atoms with Crippen molar-refractivity contribution in [3.05, 3.63) is 63.7 Å². The van der Waals surface area contributed by atoms with Gasteiger partial charge in [-0.05, 0) is 11.6 Å². The molecule has 2 amide bonds. The number of hydrogen-bond donors (Lipinski definition) is 9. The molecular weight excluding hydrogens is 564 g/mol. The van der Waals surface area contributed by atoms with Gasteiger partial charge in [0, 0.05) is 21.5 Å². The molecule has 0 spiro atoms. The number of hydrogen-bond acceptors (Lipinski definition) is 12. The fourth-order valence-electron chi connectivity index (χ4n) is 6.72. The Morgan fingerprint density at radius 1 is 0.930 bits per heavy atom. The van der Waals surface area contributed by atoms with E-state index >= 15 is 0 Å². The lowest BCUT2D eigenvalue weighted by atomic mass is 9.93. The summed E-state index contributed by atoms with van der Waals surface area (Å²) in [5.41, 5.74) is 4.23. The summed E-state index contributed by atoms with van der Waals surface area (Å²) in [5.74, 6) is -1.50. The summed E-state index contributed by atoms with van der Waals surface area (Å²) >= 11 is 0. The SMILES string of the molecule is O=C1c2c(c3c4c([nH]c3c3c2=C2C=CC=CC2N3C2OC(CO)C(O)C(O)C2O)=CC=CC4O)C(=O)N1NC(CO)CO. The quantitative estimate of drug-likeness (QED) is 0.148. The highest BCUT2D eigenvalue weighted by Crippen LogP contribution is 2.43. The molecule has 43 heavy (non-hydrogen) atoms. The number of anilines is 1. The second kappa shape index (κ2) is 10.2. The van der Waals surface area contributed by atoms with Crippen LogP contribution in [0, 0.1) is 0 Å². The Bertz CT molecular complexity index is 1760. The zero-order valence-corrected chi connectivity index (χ0v) is 22.5. The summed E-state index contributed by atoms with van der Waals surface area (Å²) in [4.78, 5) is 33.0. The van der Waals surface area contributed by atoms with E-state index in [4.69, 9.17) is 4.74 Å². The maximum atomic E-state index is 14.1. The van der Waals surface area contributed by atoms with Crippen molar-refractivity contribution in [2.75, 3.05) is 24.7 Å². The molecule has 2 aliphatic carbocycles. The van der Waals surface area contributed by atoms with Crippen LogP contribution >= 0.6 is 0 Å². The van der Waals surface area contributed by atoms with E-state index in [0.29, 0.717) is 32.9 Å². The first-order chi connectivity index (χ1) is 20.7. The van der Waals surface area contributed by atoms with Crippen LogP contribution in [0.2, 0.25) is 0 Å². The van der Waals surface area contributed by atoms with Crippen LogP contribution in [0.4, 0.5) is 5.69 Å². The molecule has 3 aliphatic heterocycles. The average molecular weight is 595 g/mol. The molecule has 7 unspecified atom stereocenters. The van der Waals surface area contributed by atoms with Crippen LogP contribution in [0.1, 0.15) is 32.4 Å². The Morgan fingerprint density at radius 2 is 1.67 bits per heavy atom. The van der Waals surface area contributed by atoms with Crippen molar-refractivity contribution in [2.24, 2.45) is 0 Å². The Kier molecular flexibility index (Phi) is 6.66. The summed E-state index contributed by atoms with van der Waals surface area (Å²) in [6.07, 6.45) is 3.31. The molecule has 7 atom stereocenters. The Hall–Kier alpha value is -3.70. The fraction of sp³-hybridized carbons (Fsp3) is 0.379. The predicted molar refractivity (Wildman–Crippen MR) is 149 cm³/mol. The number of H-pyrrole nitrogens is 1. The van der Waals surface area contributed by atoms with Crippen molar-refractivity contribution < 1.29 is 50.1 Å². The molecule has 14 nitrogen and oxygen atoms in total. The summed E-state index contributed by atoms with van der Waals surface area (Å²) in [6.45, 7) is -1.77. The number of hydrazine groups is 1. The minimum absolute atomic E-state index is 0.00484. The van der Waals surface area contributed by atoms with Crippen molar-refractivity contribution in [1.29, 1.82) is 0 Å². The zero-order valence-electron chi connectivity index (χ0n) is 22.5. The van der Waals surface area contributed by atoms with Gasteiger partial charge in [0.1, 0.15) is 30.5 Å². The van der Waals surface area contributed by atoms with Crippen molar-refractivity contribution in [3.63, 3.8) is 0 Å². The van der Waals surface area contributed by atoms with Gasteiger partial charge < -0.3 is 50.4 Å². The van der Waals surface area contributed by atoms with E-state index < -0.39 is 80.5 Å². The summed E-state index contributed by atoms with van der Waals surface area (Å²) in [6, 6.07) is -1.69. The molecule has 5 aliphatic rings. The van der Waals surface area contributed by atoms with E-state index in [2.05, 4.69) is 10.4 Å². The molecular formula is C29H30N4O10. The van der Waals surface area contributed by atoms with Crippen LogP contribution in [0.25, 0.3) is 22.6 Å². The maximum Gasteiger partial charge on any atom is 0.276 e. The number of amides is 2. The Labute approximate surface area is 243 Å². The number of carbonyl (C=O) groups excluding carboxylic acids is 2. The number of aromatic nitrogens is 1. The number of aromatic amines is 1. The van der Waals surface area contributed by atoms with E-state index in [-0.39, 0.29) is 16.5 Å². The lowest BCUT2D eigenvalue weighted by molar-refractivity contribution is -0.228. The third-order valence-electron chi connectivity index (χ3n) is 8.72. The largest absolute Gasteiger partial charge is 0.395 e. The van der Waals surface area contributed by atoms with Gasteiger partial charge in [-0.2, -0.15) is 0 Å². The van der Waals surface area contributed by atoms with Crippen molar-refractivity contribution >= 4 is 40.1 Å². The van der Waals surface area contributed by atoms with Gasteiger partial charge in [-0.25, -0.2) is 10.4 Å². The van der Waals surface area contributed by atoms with Crippen LogP contribution in [0.15, 0.2) is 36.5 Å². The maximum absolute atomic E-state index is 14.1. The number of rotatable bonds is 6. The first-order valence-electron chi connectivity index (χ1n) is 13.9. The minimum atomic E-state index is -1.68. The molecule has 226 valence electrons. The number of carbonyl (C=O) groups is 2. The third-order valence-corrected chi connectivity index (χ3v) is 8.72.